The van der Waals surface area contributed by atoms with Crippen LogP contribution in [0.4, 0.5) is 0 Å². The maximum Gasteiger partial charge on any atom is 0.419 e. The molecule has 0 radical (unpaired) electrons. The van der Waals surface area contributed by atoms with E-state index >= 15 is 0 Å². The molecule has 0 spiro atoms. The molecule has 0 aliphatic rings. The number of benzene rings is 1. The van der Waals surface area contributed by atoms with Gasteiger partial charge >= 0.3 is 5.76 Å². The molecule has 0 aliphatic heterocycles. The van der Waals surface area contributed by atoms with Gasteiger partial charge in [0.25, 0.3) is 0 Å². The fraction of sp³-hybridized carbons (Fsp3) is 0.421. The van der Waals surface area contributed by atoms with Gasteiger partial charge in [-0.05, 0) is 44.4 Å². The third-order valence-corrected chi connectivity index (χ3v) is 5.45. The van der Waals surface area contributed by atoms with Crippen molar-refractivity contribution in [3.8, 4) is 0 Å². The highest BCUT2D eigenvalue weighted by Crippen LogP contribution is 2.19. The number of aromatic nitrogens is 2. The van der Waals surface area contributed by atoms with E-state index in [0.717, 1.165) is 39.5 Å². The van der Waals surface area contributed by atoms with Crippen molar-refractivity contribution in [3.63, 3.8) is 0 Å². The monoisotopic (exact) mass is 373 g/mol. The molecular formula is C19H23N3O3S. The molecule has 0 saturated carbocycles. The Morgan fingerprint density at radius 3 is 2.92 bits per heavy atom. The van der Waals surface area contributed by atoms with Gasteiger partial charge in [-0.2, -0.15) is 0 Å². The lowest BCUT2D eigenvalue weighted by molar-refractivity contribution is -0.121. The van der Waals surface area contributed by atoms with Crippen LogP contribution in [0.15, 0.2) is 27.4 Å². The summed E-state index contributed by atoms with van der Waals surface area (Å²) in [4.78, 5) is 29.8. The van der Waals surface area contributed by atoms with Crippen molar-refractivity contribution in [3.05, 3.63) is 49.9 Å². The van der Waals surface area contributed by atoms with E-state index in [2.05, 4.69) is 17.2 Å². The summed E-state index contributed by atoms with van der Waals surface area (Å²) in [5, 5.41) is 4.03. The van der Waals surface area contributed by atoms with Crippen molar-refractivity contribution in [1.82, 2.24) is 14.9 Å². The smallest absolute Gasteiger partial charge is 0.408 e. The second kappa shape index (κ2) is 7.86. The predicted octanol–water partition coefficient (Wildman–Crippen LogP) is 3.33. The Morgan fingerprint density at radius 2 is 2.15 bits per heavy atom. The summed E-state index contributed by atoms with van der Waals surface area (Å²) in [6.45, 7) is 6.83. The third kappa shape index (κ3) is 4.04. The molecule has 0 bridgehead atoms. The lowest BCUT2D eigenvalue weighted by atomic mass is 10.2. The largest absolute Gasteiger partial charge is 0.419 e. The summed E-state index contributed by atoms with van der Waals surface area (Å²) >= 11 is 1.65. The highest BCUT2D eigenvalue weighted by Gasteiger charge is 2.12. The van der Waals surface area contributed by atoms with Gasteiger partial charge in [0.2, 0.25) is 5.91 Å². The molecule has 3 rings (SSSR count). The Kier molecular flexibility index (Phi) is 5.56. The Labute approximate surface area is 155 Å². The van der Waals surface area contributed by atoms with Gasteiger partial charge in [-0.25, -0.2) is 9.78 Å². The fourth-order valence-corrected chi connectivity index (χ4v) is 3.95. The molecule has 1 amide bonds. The Hall–Kier alpha value is -2.41. The number of amides is 1. The van der Waals surface area contributed by atoms with Crippen LogP contribution in [0.5, 0.6) is 0 Å². The number of nitrogens with zero attached hydrogens (tertiary/aromatic N) is 2. The van der Waals surface area contributed by atoms with E-state index < -0.39 is 5.76 Å². The number of nitrogens with one attached hydrogen (secondary N) is 1. The molecule has 0 fully saturated rings. The maximum atomic E-state index is 12.2. The predicted molar refractivity (Wildman–Crippen MR) is 103 cm³/mol. The quantitative estimate of drug-likeness (QED) is 0.689. The number of carbonyl (C=O) groups is 1. The number of aryl methyl sites for hydroxylation is 4. The molecule has 3 aromatic rings. The number of hydrogen-bond acceptors (Lipinski definition) is 5. The van der Waals surface area contributed by atoms with Crippen LogP contribution in [0.25, 0.3) is 11.1 Å². The van der Waals surface area contributed by atoms with E-state index in [1.54, 1.807) is 17.4 Å². The zero-order chi connectivity index (χ0) is 18.7. The average Bonchev–Trinajstić information content (AvgIpc) is 3.10. The lowest BCUT2D eigenvalue weighted by Crippen LogP contribution is -2.25. The molecule has 2 aromatic heterocycles. The van der Waals surface area contributed by atoms with Crippen LogP contribution >= 0.6 is 11.3 Å². The maximum absolute atomic E-state index is 12.2. The molecule has 1 N–H and O–H groups in total. The van der Waals surface area contributed by atoms with Gasteiger partial charge in [-0.3, -0.25) is 9.36 Å². The van der Waals surface area contributed by atoms with E-state index in [4.69, 9.17) is 4.42 Å². The van der Waals surface area contributed by atoms with Crippen molar-refractivity contribution in [2.24, 2.45) is 0 Å². The Balaban J connectivity index is 1.60. The first-order valence-electron chi connectivity index (χ1n) is 8.79. The third-order valence-electron chi connectivity index (χ3n) is 4.23. The minimum atomic E-state index is -0.430. The Morgan fingerprint density at radius 1 is 1.35 bits per heavy atom. The number of fused-ring (bicyclic) bond motifs is 1. The van der Waals surface area contributed by atoms with E-state index in [9.17, 15) is 9.59 Å². The molecule has 1 aromatic carbocycles. The van der Waals surface area contributed by atoms with Gasteiger partial charge in [-0.1, -0.05) is 13.0 Å². The number of carbonyl (C=O) groups excluding carboxylic acids is 1. The summed E-state index contributed by atoms with van der Waals surface area (Å²) in [5.41, 5.74) is 3.29. The topological polar surface area (TPSA) is 77.1 Å². The first kappa shape index (κ1) is 18.4. The van der Waals surface area contributed by atoms with Crippen molar-refractivity contribution in [1.29, 1.82) is 0 Å². The number of oxazole rings is 1. The van der Waals surface area contributed by atoms with Crippen molar-refractivity contribution in [2.75, 3.05) is 0 Å². The van der Waals surface area contributed by atoms with Crippen LogP contribution in [0.1, 0.15) is 40.9 Å². The summed E-state index contributed by atoms with van der Waals surface area (Å²) < 4.78 is 6.74. The summed E-state index contributed by atoms with van der Waals surface area (Å²) in [6.07, 6.45) is 2.25. The van der Waals surface area contributed by atoms with Crippen molar-refractivity contribution >= 4 is 28.3 Å². The molecule has 0 saturated heterocycles. The van der Waals surface area contributed by atoms with Gasteiger partial charge in [0.1, 0.15) is 0 Å². The normalized spacial score (nSPS) is 11.2. The molecule has 7 heteroatoms. The molecule has 26 heavy (non-hydrogen) atoms. The van der Waals surface area contributed by atoms with Crippen LogP contribution in [-0.2, 0) is 24.3 Å². The molecule has 138 valence electrons. The fourth-order valence-electron chi connectivity index (χ4n) is 2.84. The van der Waals surface area contributed by atoms with Crippen molar-refractivity contribution < 1.29 is 9.21 Å². The highest BCUT2D eigenvalue weighted by molar-refractivity contribution is 7.11. The summed E-state index contributed by atoms with van der Waals surface area (Å²) in [5.74, 6) is -0.523. The zero-order valence-electron chi connectivity index (χ0n) is 15.3. The van der Waals surface area contributed by atoms with E-state index in [1.165, 1.54) is 4.57 Å². The molecule has 0 unspecified atom stereocenters. The molecular weight excluding hydrogens is 350 g/mol. The zero-order valence-corrected chi connectivity index (χ0v) is 16.1. The minimum Gasteiger partial charge on any atom is -0.408 e. The number of hydrogen-bond donors (Lipinski definition) is 1. The number of rotatable bonds is 7. The van der Waals surface area contributed by atoms with Crippen molar-refractivity contribution in [2.45, 2.75) is 53.1 Å². The van der Waals surface area contributed by atoms with Crippen LogP contribution in [0.3, 0.4) is 0 Å². The van der Waals surface area contributed by atoms with E-state index in [0.29, 0.717) is 18.7 Å². The van der Waals surface area contributed by atoms with Crippen LogP contribution in [0.2, 0.25) is 0 Å². The molecule has 0 aliphatic carbocycles. The summed E-state index contributed by atoms with van der Waals surface area (Å²) in [6, 6.07) is 5.57. The van der Waals surface area contributed by atoms with Gasteiger partial charge < -0.3 is 9.73 Å². The molecule has 0 atom stereocenters. The highest BCUT2D eigenvalue weighted by atomic mass is 32.1. The summed E-state index contributed by atoms with van der Waals surface area (Å²) in [7, 11) is 0. The first-order chi connectivity index (χ1) is 12.5. The minimum absolute atomic E-state index is 0.0938. The van der Waals surface area contributed by atoms with Crippen LogP contribution < -0.4 is 11.1 Å². The van der Waals surface area contributed by atoms with Crippen LogP contribution in [0, 0.1) is 13.8 Å². The van der Waals surface area contributed by atoms with Gasteiger partial charge in [-0.15, -0.1) is 11.3 Å². The second-order valence-electron chi connectivity index (χ2n) is 6.38. The standard InChI is InChI=1S/C19H23N3O3S/c1-4-5-18-21-13(3)16(26-18)11-20-17(23)8-9-22-14-10-12(2)6-7-15(14)25-19(22)24/h6-7,10H,4-5,8-9,11H2,1-3H3,(H,20,23). The van der Waals surface area contributed by atoms with Gasteiger partial charge in [0.15, 0.2) is 5.58 Å². The Bertz CT molecular complexity index is 984. The van der Waals surface area contributed by atoms with E-state index in [-0.39, 0.29) is 12.3 Å². The lowest BCUT2D eigenvalue weighted by Gasteiger charge is -2.05. The van der Waals surface area contributed by atoms with Gasteiger partial charge in [0, 0.05) is 17.8 Å². The van der Waals surface area contributed by atoms with Gasteiger partial charge in [0.05, 0.1) is 22.8 Å². The molecule has 2 heterocycles. The second-order valence-corrected chi connectivity index (χ2v) is 7.55. The SMILES string of the molecule is CCCc1nc(C)c(CNC(=O)CCn2c(=O)oc3ccc(C)cc32)s1. The van der Waals surface area contributed by atoms with E-state index in [1.807, 2.05) is 26.0 Å². The molecule has 6 nitrogen and oxygen atoms in total. The average molecular weight is 373 g/mol. The number of thiazole rings is 1. The van der Waals surface area contributed by atoms with Crippen LogP contribution in [-0.4, -0.2) is 15.5 Å². The first-order valence-corrected chi connectivity index (χ1v) is 9.61.